The van der Waals surface area contributed by atoms with Gasteiger partial charge in [-0.3, -0.25) is 4.79 Å². The number of phenols is 1. The van der Waals surface area contributed by atoms with E-state index in [9.17, 15) is 18.3 Å². The number of hydrogen-bond donors (Lipinski definition) is 3. The Morgan fingerprint density at radius 2 is 1.78 bits per heavy atom. The molecule has 0 saturated carbocycles. The molecular formula is C16H18N2O4S. The maximum absolute atomic E-state index is 12.4. The maximum atomic E-state index is 12.4. The lowest BCUT2D eigenvalue weighted by Crippen LogP contribution is -2.21. The van der Waals surface area contributed by atoms with Crippen LogP contribution in [0, 0.1) is 13.8 Å². The van der Waals surface area contributed by atoms with Gasteiger partial charge in [0.2, 0.25) is 10.0 Å². The number of sulfonamides is 1. The molecule has 2 aromatic rings. The Bertz CT molecular complexity index is 860. The van der Waals surface area contributed by atoms with Gasteiger partial charge < -0.3 is 10.4 Å². The van der Waals surface area contributed by atoms with E-state index in [4.69, 9.17) is 0 Å². The molecule has 0 atom stereocenters. The number of phenolic OH excluding ortho intramolecular Hbond substituents is 1. The van der Waals surface area contributed by atoms with Crippen LogP contribution in [-0.2, 0) is 10.0 Å². The van der Waals surface area contributed by atoms with Gasteiger partial charge in [-0.25, -0.2) is 13.1 Å². The number of rotatable bonds is 4. The fourth-order valence-electron chi connectivity index (χ4n) is 2.12. The molecule has 0 unspecified atom stereocenters. The molecule has 0 fully saturated rings. The third-order valence-electron chi connectivity index (χ3n) is 3.59. The monoisotopic (exact) mass is 334 g/mol. The van der Waals surface area contributed by atoms with Crippen LogP contribution in [0.5, 0.6) is 5.75 Å². The minimum absolute atomic E-state index is 0.0578. The van der Waals surface area contributed by atoms with Crippen molar-refractivity contribution in [1.82, 2.24) is 4.72 Å². The van der Waals surface area contributed by atoms with Crippen LogP contribution in [0.2, 0.25) is 0 Å². The van der Waals surface area contributed by atoms with E-state index in [1.165, 1.54) is 19.2 Å². The average molecular weight is 334 g/mol. The fourth-order valence-corrected chi connectivity index (χ4v) is 3.19. The molecule has 122 valence electrons. The van der Waals surface area contributed by atoms with Crippen LogP contribution in [0.15, 0.2) is 41.3 Å². The lowest BCUT2D eigenvalue weighted by atomic mass is 10.1. The van der Waals surface area contributed by atoms with Crippen molar-refractivity contribution in [3.63, 3.8) is 0 Å². The smallest absolute Gasteiger partial charge is 0.255 e. The highest BCUT2D eigenvalue weighted by molar-refractivity contribution is 7.89. The van der Waals surface area contributed by atoms with Gasteiger partial charge in [-0.15, -0.1) is 0 Å². The Labute approximate surface area is 135 Å². The number of aryl methyl sites for hydroxylation is 1. The molecule has 23 heavy (non-hydrogen) atoms. The number of carbonyl (C=O) groups is 1. The van der Waals surface area contributed by atoms with Crippen LogP contribution in [0.3, 0.4) is 0 Å². The molecule has 0 aliphatic rings. The molecule has 6 nitrogen and oxygen atoms in total. The van der Waals surface area contributed by atoms with Crippen molar-refractivity contribution in [1.29, 1.82) is 0 Å². The number of para-hydroxylation sites is 2. The predicted molar refractivity (Wildman–Crippen MR) is 88.2 cm³/mol. The normalized spacial score (nSPS) is 11.3. The fraction of sp³-hybridized carbons (Fsp3) is 0.188. The minimum atomic E-state index is -3.67. The molecule has 0 radical (unpaired) electrons. The molecule has 2 aromatic carbocycles. The summed E-state index contributed by atoms with van der Waals surface area (Å²) < 4.78 is 26.4. The second kappa shape index (κ2) is 6.39. The largest absolute Gasteiger partial charge is 0.506 e. The third-order valence-corrected chi connectivity index (χ3v) is 5.13. The molecule has 0 saturated heterocycles. The quantitative estimate of drug-likeness (QED) is 0.747. The number of anilines is 1. The first kappa shape index (κ1) is 17.0. The van der Waals surface area contributed by atoms with Crippen molar-refractivity contribution in [3.8, 4) is 5.75 Å². The molecule has 0 bridgehead atoms. The molecule has 2 rings (SSSR count). The topological polar surface area (TPSA) is 95.5 Å². The third kappa shape index (κ3) is 3.52. The standard InChI is InChI=1S/C16H18N2O4S/c1-10-8-12(9-15(11(10)2)23(21,22)17-3)16(20)18-13-6-4-5-7-14(13)19/h4-9,17,19H,1-3H3,(H,18,20). The van der Waals surface area contributed by atoms with Crippen molar-refractivity contribution in [2.75, 3.05) is 12.4 Å². The van der Waals surface area contributed by atoms with Gasteiger partial charge in [0.05, 0.1) is 10.6 Å². The lowest BCUT2D eigenvalue weighted by Gasteiger charge is -2.13. The zero-order valence-electron chi connectivity index (χ0n) is 13.0. The second-order valence-electron chi connectivity index (χ2n) is 5.10. The summed E-state index contributed by atoms with van der Waals surface area (Å²) in [6.07, 6.45) is 0. The predicted octanol–water partition coefficient (Wildman–Crippen LogP) is 2.17. The number of amides is 1. The molecule has 0 heterocycles. The SMILES string of the molecule is CNS(=O)(=O)c1cc(C(=O)Nc2ccccc2O)cc(C)c1C. The molecule has 0 spiro atoms. The van der Waals surface area contributed by atoms with E-state index >= 15 is 0 Å². The lowest BCUT2D eigenvalue weighted by molar-refractivity contribution is 0.102. The van der Waals surface area contributed by atoms with Crippen molar-refractivity contribution < 1.29 is 18.3 Å². The van der Waals surface area contributed by atoms with Crippen molar-refractivity contribution >= 4 is 21.6 Å². The summed E-state index contributed by atoms with van der Waals surface area (Å²) in [7, 11) is -2.35. The molecule has 0 aliphatic carbocycles. The summed E-state index contributed by atoms with van der Waals surface area (Å²) in [5, 5.41) is 12.3. The number of hydrogen-bond acceptors (Lipinski definition) is 4. The molecule has 3 N–H and O–H groups in total. The maximum Gasteiger partial charge on any atom is 0.255 e. The average Bonchev–Trinajstić information content (AvgIpc) is 2.51. The minimum Gasteiger partial charge on any atom is -0.506 e. The number of aromatic hydroxyl groups is 1. The molecular weight excluding hydrogens is 316 g/mol. The zero-order chi connectivity index (χ0) is 17.2. The Hall–Kier alpha value is -2.38. The summed E-state index contributed by atoms with van der Waals surface area (Å²) in [4.78, 5) is 12.4. The van der Waals surface area contributed by atoms with Gasteiger partial charge in [0, 0.05) is 5.56 Å². The van der Waals surface area contributed by atoms with Gasteiger partial charge in [0.1, 0.15) is 5.75 Å². The van der Waals surface area contributed by atoms with E-state index in [2.05, 4.69) is 10.0 Å². The van der Waals surface area contributed by atoms with E-state index in [1.54, 1.807) is 38.1 Å². The van der Waals surface area contributed by atoms with Crippen LogP contribution in [0.1, 0.15) is 21.5 Å². The molecule has 0 aromatic heterocycles. The van der Waals surface area contributed by atoms with Crippen LogP contribution < -0.4 is 10.0 Å². The summed E-state index contributed by atoms with van der Waals surface area (Å²) >= 11 is 0. The van der Waals surface area contributed by atoms with Crippen molar-refractivity contribution in [2.45, 2.75) is 18.7 Å². The molecule has 0 aliphatic heterocycles. The Kier molecular flexibility index (Phi) is 4.72. The van der Waals surface area contributed by atoms with Gasteiger partial charge in [0.15, 0.2) is 0 Å². The van der Waals surface area contributed by atoms with E-state index in [-0.39, 0.29) is 21.9 Å². The van der Waals surface area contributed by atoms with E-state index < -0.39 is 15.9 Å². The summed E-state index contributed by atoms with van der Waals surface area (Å²) in [5.41, 5.74) is 1.72. The first-order valence-corrected chi connectivity index (χ1v) is 8.38. The number of nitrogens with one attached hydrogen (secondary N) is 2. The van der Waals surface area contributed by atoms with E-state index in [1.807, 2.05) is 0 Å². The summed E-state index contributed by atoms with van der Waals surface area (Å²) in [6, 6.07) is 9.25. The van der Waals surface area contributed by atoms with Crippen LogP contribution in [-0.4, -0.2) is 26.5 Å². The first-order valence-electron chi connectivity index (χ1n) is 6.90. The van der Waals surface area contributed by atoms with Crippen molar-refractivity contribution in [2.24, 2.45) is 0 Å². The zero-order valence-corrected chi connectivity index (χ0v) is 13.9. The summed E-state index contributed by atoms with van der Waals surface area (Å²) in [6.45, 7) is 3.42. The number of carbonyl (C=O) groups excluding carboxylic acids is 1. The highest BCUT2D eigenvalue weighted by Crippen LogP contribution is 2.24. The van der Waals surface area contributed by atoms with Gasteiger partial charge in [-0.1, -0.05) is 12.1 Å². The van der Waals surface area contributed by atoms with Gasteiger partial charge in [-0.2, -0.15) is 0 Å². The van der Waals surface area contributed by atoms with E-state index in [0.29, 0.717) is 11.1 Å². The first-order chi connectivity index (χ1) is 10.8. The summed E-state index contributed by atoms with van der Waals surface area (Å²) in [5.74, 6) is -0.560. The Balaban J connectivity index is 2.44. The van der Waals surface area contributed by atoms with Crippen LogP contribution in [0.25, 0.3) is 0 Å². The van der Waals surface area contributed by atoms with Crippen LogP contribution in [0.4, 0.5) is 5.69 Å². The Morgan fingerprint density at radius 3 is 2.39 bits per heavy atom. The van der Waals surface area contributed by atoms with Crippen LogP contribution >= 0.6 is 0 Å². The van der Waals surface area contributed by atoms with Crippen molar-refractivity contribution in [3.05, 3.63) is 53.1 Å². The van der Waals surface area contributed by atoms with Gasteiger partial charge in [-0.05, 0) is 56.3 Å². The van der Waals surface area contributed by atoms with Gasteiger partial charge in [0.25, 0.3) is 5.91 Å². The van der Waals surface area contributed by atoms with E-state index in [0.717, 1.165) is 0 Å². The highest BCUT2D eigenvalue weighted by Gasteiger charge is 2.19. The molecule has 1 amide bonds. The Morgan fingerprint density at radius 1 is 1.13 bits per heavy atom. The second-order valence-corrected chi connectivity index (χ2v) is 6.95. The van der Waals surface area contributed by atoms with Gasteiger partial charge >= 0.3 is 0 Å². The molecule has 7 heteroatoms. The number of benzene rings is 2. The highest BCUT2D eigenvalue weighted by atomic mass is 32.2.